The summed E-state index contributed by atoms with van der Waals surface area (Å²) in [6.45, 7) is 1.84. The summed E-state index contributed by atoms with van der Waals surface area (Å²) in [6, 6.07) is 5.31. The van der Waals surface area contributed by atoms with E-state index in [9.17, 15) is 23.1 Å². The molecule has 2 aliphatic heterocycles. The van der Waals surface area contributed by atoms with Crippen molar-refractivity contribution in [3.05, 3.63) is 47.9 Å². The van der Waals surface area contributed by atoms with Crippen LogP contribution < -0.4 is 15.0 Å². The largest absolute Gasteiger partial charge is 0.484 e. The number of aromatic nitrogens is 3. The van der Waals surface area contributed by atoms with Crippen molar-refractivity contribution in [2.24, 2.45) is 0 Å². The number of nitrogens with zero attached hydrogens (tertiary/aromatic N) is 5. The first kappa shape index (κ1) is 23.4. The van der Waals surface area contributed by atoms with Crippen LogP contribution >= 0.6 is 0 Å². The number of fused-ring (bicyclic) bond motifs is 2. The Kier molecular flexibility index (Phi) is 5.80. The van der Waals surface area contributed by atoms with Crippen molar-refractivity contribution in [1.82, 2.24) is 19.5 Å². The van der Waals surface area contributed by atoms with Crippen molar-refractivity contribution >= 4 is 22.9 Å². The van der Waals surface area contributed by atoms with Crippen LogP contribution in [0, 0.1) is 0 Å². The lowest BCUT2D eigenvalue weighted by atomic mass is 9.99. The molecule has 1 amide bonds. The third-order valence-corrected chi connectivity index (χ3v) is 6.32. The van der Waals surface area contributed by atoms with E-state index in [-0.39, 0.29) is 19.7 Å². The van der Waals surface area contributed by atoms with E-state index in [0.29, 0.717) is 47.8 Å². The molecule has 1 aromatic carbocycles. The predicted octanol–water partition coefficient (Wildman–Crippen LogP) is 2.35. The topological polar surface area (TPSA) is 95.2 Å². The number of halogens is 3. The number of aliphatic hydroxyl groups is 1. The number of nitrogens with one attached hydrogen (secondary N) is 1. The molecule has 12 heteroatoms. The smallest absolute Gasteiger partial charge is 0.401 e. The molecule has 4 heterocycles. The number of hydrogen-bond donors (Lipinski definition) is 2. The van der Waals surface area contributed by atoms with Crippen LogP contribution in [0.2, 0.25) is 0 Å². The van der Waals surface area contributed by atoms with Gasteiger partial charge in [-0.25, -0.2) is 9.50 Å². The molecule has 0 saturated carbocycles. The van der Waals surface area contributed by atoms with Gasteiger partial charge in [0.05, 0.1) is 30.7 Å². The van der Waals surface area contributed by atoms with Crippen LogP contribution in [-0.2, 0) is 6.42 Å². The third kappa shape index (κ3) is 4.76. The summed E-state index contributed by atoms with van der Waals surface area (Å²) in [5.74, 6) is 0.185. The molecule has 186 valence electrons. The van der Waals surface area contributed by atoms with Crippen LogP contribution in [-0.4, -0.2) is 81.6 Å². The summed E-state index contributed by atoms with van der Waals surface area (Å²) in [6.07, 6.45) is 0.904. The van der Waals surface area contributed by atoms with Gasteiger partial charge in [-0.05, 0) is 19.1 Å². The first-order valence-corrected chi connectivity index (χ1v) is 11.2. The van der Waals surface area contributed by atoms with Crippen molar-refractivity contribution in [2.75, 3.05) is 49.5 Å². The van der Waals surface area contributed by atoms with E-state index in [1.54, 1.807) is 31.5 Å². The van der Waals surface area contributed by atoms with Crippen molar-refractivity contribution in [1.29, 1.82) is 0 Å². The van der Waals surface area contributed by atoms with E-state index in [1.165, 1.54) is 15.6 Å². The Labute approximate surface area is 199 Å². The lowest BCUT2D eigenvalue weighted by Crippen LogP contribution is -2.49. The minimum Gasteiger partial charge on any atom is -0.484 e. The number of aliphatic hydroxyl groups excluding tert-OH is 1. The highest BCUT2D eigenvalue weighted by Crippen LogP contribution is 2.42. The van der Waals surface area contributed by atoms with Gasteiger partial charge in [0, 0.05) is 56.6 Å². The highest BCUT2D eigenvalue weighted by atomic mass is 19.4. The van der Waals surface area contributed by atoms with Gasteiger partial charge in [-0.2, -0.15) is 18.3 Å². The summed E-state index contributed by atoms with van der Waals surface area (Å²) in [5.41, 5.74) is 1.91. The molecule has 2 aliphatic rings. The van der Waals surface area contributed by atoms with Crippen molar-refractivity contribution in [2.45, 2.75) is 25.1 Å². The lowest BCUT2D eigenvalue weighted by Gasteiger charge is -2.37. The van der Waals surface area contributed by atoms with E-state index in [1.807, 2.05) is 11.0 Å². The van der Waals surface area contributed by atoms with Gasteiger partial charge in [0.2, 0.25) is 0 Å². The summed E-state index contributed by atoms with van der Waals surface area (Å²) in [5, 5.41) is 16.9. The number of hydrogen-bond acceptors (Lipinski definition) is 7. The molecule has 0 unspecified atom stereocenters. The Bertz CT molecular complexity index is 1260. The fourth-order valence-electron chi connectivity index (χ4n) is 4.58. The van der Waals surface area contributed by atoms with Crippen LogP contribution in [0.1, 0.15) is 22.8 Å². The second-order valence-electron chi connectivity index (χ2n) is 9.14. The second kappa shape index (κ2) is 8.68. The fourth-order valence-corrected chi connectivity index (χ4v) is 4.58. The van der Waals surface area contributed by atoms with Gasteiger partial charge in [0.15, 0.2) is 5.65 Å². The minimum atomic E-state index is -4.25. The van der Waals surface area contributed by atoms with Gasteiger partial charge in [0.1, 0.15) is 16.9 Å². The maximum absolute atomic E-state index is 13.2. The third-order valence-electron chi connectivity index (χ3n) is 6.32. The molecule has 2 N–H and O–H groups in total. The average molecular weight is 490 g/mol. The molecule has 3 aromatic rings. The minimum absolute atomic E-state index is 0.178. The van der Waals surface area contributed by atoms with Crippen LogP contribution in [0.4, 0.5) is 24.5 Å². The molecule has 9 nitrogen and oxygen atoms in total. The van der Waals surface area contributed by atoms with Gasteiger partial charge in [-0.1, -0.05) is 0 Å². The van der Waals surface area contributed by atoms with Gasteiger partial charge in [-0.15, -0.1) is 0 Å². The quantitative estimate of drug-likeness (QED) is 0.567. The van der Waals surface area contributed by atoms with Gasteiger partial charge in [-0.3, -0.25) is 9.69 Å². The molecule has 0 aliphatic carbocycles. The Morgan fingerprint density at radius 1 is 1.26 bits per heavy atom. The first-order chi connectivity index (χ1) is 16.6. The Hall–Kier alpha value is -3.38. The van der Waals surface area contributed by atoms with Crippen LogP contribution in [0.25, 0.3) is 5.65 Å². The zero-order valence-electron chi connectivity index (χ0n) is 19.0. The maximum atomic E-state index is 13.2. The predicted molar refractivity (Wildman–Crippen MR) is 122 cm³/mol. The SMILES string of the molecule is C[C@]1(CO)Cc2cc(NC(=O)c3cnn4cccnc34)c(N3CCN(CC(F)(F)F)CC3)cc2O1. The Morgan fingerprint density at radius 3 is 2.74 bits per heavy atom. The molecule has 1 fully saturated rings. The molecular weight excluding hydrogens is 465 g/mol. The number of benzene rings is 1. The number of piperazine rings is 1. The maximum Gasteiger partial charge on any atom is 0.401 e. The van der Waals surface area contributed by atoms with Gasteiger partial charge < -0.3 is 20.1 Å². The number of ether oxygens (including phenoxy) is 1. The number of carbonyl (C=O) groups is 1. The Morgan fingerprint density at radius 2 is 2.03 bits per heavy atom. The number of carbonyl (C=O) groups excluding carboxylic acids is 1. The summed E-state index contributed by atoms with van der Waals surface area (Å²) < 4.78 is 45.9. The molecular formula is C23H25F3N6O3. The standard InChI is InChI=1S/C23H25F3N6O3/c1-22(14-33)11-15-9-17(29-21(34)16-12-28-32-4-2-3-27-20(16)32)18(10-19(15)35-22)31-7-5-30(6-8-31)13-23(24,25)26/h2-4,9-10,12,33H,5-8,11,13-14H2,1H3,(H,29,34)/t22-/m1/s1. The molecule has 5 rings (SSSR count). The average Bonchev–Trinajstić information content (AvgIpc) is 3.39. The Balaban J connectivity index is 1.44. The lowest BCUT2D eigenvalue weighted by molar-refractivity contribution is -0.146. The van der Waals surface area contributed by atoms with E-state index in [2.05, 4.69) is 15.4 Å². The molecule has 2 aromatic heterocycles. The number of amides is 1. The molecule has 0 radical (unpaired) electrons. The molecule has 0 spiro atoms. The highest BCUT2D eigenvalue weighted by Gasteiger charge is 2.37. The molecule has 35 heavy (non-hydrogen) atoms. The number of rotatable bonds is 5. The van der Waals surface area contributed by atoms with Crippen molar-refractivity contribution in [3.63, 3.8) is 0 Å². The van der Waals surface area contributed by atoms with Crippen LogP contribution in [0.15, 0.2) is 36.8 Å². The number of alkyl halides is 3. The molecule has 1 saturated heterocycles. The highest BCUT2D eigenvalue weighted by molar-refractivity contribution is 6.09. The fraction of sp³-hybridized carbons (Fsp3) is 0.435. The summed E-state index contributed by atoms with van der Waals surface area (Å²) in [7, 11) is 0. The summed E-state index contributed by atoms with van der Waals surface area (Å²) >= 11 is 0. The van der Waals surface area contributed by atoms with E-state index in [4.69, 9.17) is 4.74 Å². The number of anilines is 2. The van der Waals surface area contributed by atoms with Crippen LogP contribution in [0.5, 0.6) is 5.75 Å². The van der Waals surface area contributed by atoms with Crippen molar-refractivity contribution < 1.29 is 27.8 Å². The second-order valence-corrected chi connectivity index (χ2v) is 9.14. The van der Waals surface area contributed by atoms with Crippen molar-refractivity contribution in [3.8, 4) is 5.75 Å². The van der Waals surface area contributed by atoms with E-state index < -0.39 is 24.2 Å². The van der Waals surface area contributed by atoms with Crippen LogP contribution in [0.3, 0.4) is 0 Å². The first-order valence-electron chi connectivity index (χ1n) is 11.2. The van der Waals surface area contributed by atoms with Gasteiger partial charge >= 0.3 is 6.18 Å². The van der Waals surface area contributed by atoms with E-state index in [0.717, 1.165) is 5.56 Å². The van der Waals surface area contributed by atoms with E-state index >= 15 is 0 Å². The monoisotopic (exact) mass is 490 g/mol. The van der Waals surface area contributed by atoms with Gasteiger partial charge in [0.25, 0.3) is 5.91 Å². The summed E-state index contributed by atoms with van der Waals surface area (Å²) in [4.78, 5) is 20.7. The molecule has 1 atom stereocenters. The zero-order chi connectivity index (χ0) is 24.8. The zero-order valence-corrected chi connectivity index (χ0v) is 19.0. The normalized spacial score (nSPS) is 20.7. The molecule has 0 bridgehead atoms.